The molecule has 1 heterocycles. The van der Waals surface area contributed by atoms with Crippen LogP contribution < -0.4 is 0 Å². The van der Waals surface area contributed by atoms with Gasteiger partial charge in [-0.2, -0.15) is 0 Å². The molecule has 0 amide bonds. The van der Waals surface area contributed by atoms with Gasteiger partial charge in [0.2, 0.25) is 0 Å². The Morgan fingerprint density at radius 3 is 2.90 bits per heavy atom. The van der Waals surface area contributed by atoms with Gasteiger partial charge in [-0.05, 0) is 30.9 Å². The van der Waals surface area contributed by atoms with Crippen molar-refractivity contribution in [1.29, 1.82) is 0 Å². The van der Waals surface area contributed by atoms with E-state index < -0.39 is 0 Å². The van der Waals surface area contributed by atoms with Crippen molar-refractivity contribution in [2.75, 3.05) is 0 Å². The molecule has 2 rings (SSSR count). The summed E-state index contributed by atoms with van der Waals surface area (Å²) in [5.74, 6) is 0. The zero-order valence-electron chi connectivity index (χ0n) is 6.28. The highest BCUT2D eigenvalue weighted by Gasteiger charge is 2.22. The molecule has 52 valence electrons. The van der Waals surface area contributed by atoms with Gasteiger partial charge in [0.1, 0.15) is 0 Å². The van der Waals surface area contributed by atoms with Crippen molar-refractivity contribution in [3.05, 3.63) is 23.4 Å². The molecule has 0 atom stereocenters. The lowest BCUT2D eigenvalue weighted by atomic mass is 10.1. The van der Waals surface area contributed by atoms with Gasteiger partial charge in [0.05, 0.1) is 5.70 Å². The summed E-state index contributed by atoms with van der Waals surface area (Å²) in [6.07, 6.45) is 3.45. The number of aliphatic imine (C=N–C) groups is 1. The molecular formula is C9H11N. The Morgan fingerprint density at radius 2 is 2.20 bits per heavy atom. The average molecular weight is 133 g/mol. The molecule has 0 N–H and O–H groups in total. The van der Waals surface area contributed by atoms with Gasteiger partial charge < -0.3 is 0 Å². The van der Waals surface area contributed by atoms with Crippen LogP contribution >= 0.6 is 0 Å². The van der Waals surface area contributed by atoms with Crippen LogP contribution in [0.3, 0.4) is 0 Å². The Bertz CT molecular complexity index is 256. The van der Waals surface area contributed by atoms with Crippen molar-refractivity contribution in [3.63, 3.8) is 0 Å². The molecule has 0 aromatic carbocycles. The standard InChI is InChI=1S/C9H11N/c1-6-3-4-8-5-7(2)10-9(6)8/h1,3-5H2,2H3. The maximum Gasteiger partial charge on any atom is 0.0651 e. The van der Waals surface area contributed by atoms with E-state index in [2.05, 4.69) is 18.5 Å². The second kappa shape index (κ2) is 1.82. The molecule has 0 fully saturated rings. The Balaban J connectivity index is 2.39. The third-order valence-electron chi connectivity index (χ3n) is 2.17. The van der Waals surface area contributed by atoms with Gasteiger partial charge in [-0.25, -0.2) is 0 Å². The summed E-state index contributed by atoms with van der Waals surface area (Å²) in [7, 11) is 0. The van der Waals surface area contributed by atoms with Crippen LogP contribution in [0.2, 0.25) is 0 Å². The highest BCUT2D eigenvalue weighted by atomic mass is 14.8. The normalized spacial score (nSPS) is 23.7. The molecule has 10 heavy (non-hydrogen) atoms. The molecule has 2 aliphatic rings. The lowest BCUT2D eigenvalue weighted by molar-refractivity contribution is 0.987. The molecule has 0 unspecified atom stereocenters. The van der Waals surface area contributed by atoms with E-state index in [9.17, 15) is 0 Å². The summed E-state index contributed by atoms with van der Waals surface area (Å²) in [6, 6.07) is 0. The molecule has 0 saturated carbocycles. The van der Waals surface area contributed by atoms with Gasteiger partial charge >= 0.3 is 0 Å². The van der Waals surface area contributed by atoms with Crippen molar-refractivity contribution in [2.24, 2.45) is 4.99 Å². The number of hydrogen-bond donors (Lipinski definition) is 0. The van der Waals surface area contributed by atoms with Crippen molar-refractivity contribution in [1.82, 2.24) is 0 Å². The monoisotopic (exact) mass is 133 g/mol. The maximum absolute atomic E-state index is 4.43. The summed E-state index contributed by atoms with van der Waals surface area (Å²) in [5.41, 5.74) is 5.23. The first-order valence-corrected chi connectivity index (χ1v) is 3.71. The van der Waals surface area contributed by atoms with E-state index in [1.165, 1.54) is 29.0 Å². The Kier molecular flexibility index (Phi) is 1.07. The van der Waals surface area contributed by atoms with E-state index in [1.807, 2.05) is 0 Å². The van der Waals surface area contributed by atoms with Crippen LogP contribution in [0.4, 0.5) is 0 Å². The molecule has 0 aromatic rings. The quantitative estimate of drug-likeness (QED) is 0.481. The van der Waals surface area contributed by atoms with Crippen LogP contribution in [0.15, 0.2) is 28.4 Å². The summed E-state index contributed by atoms with van der Waals surface area (Å²) in [4.78, 5) is 4.43. The minimum atomic E-state index is 1.11. The average Bonchev–Trinajstić information content (AvgIpc) is 2.35. The molecule has 1 heteroatoms. The van der Waals surface area contributed by atoms with E-state index in [-0.39, 0.29) is 0 Å². The largest absolute Gasteiger partial charge is 0.258 e. The van der Waals surface area contributed by atoms with Crippen molar-refractivity contribution >= 4 is 5.71 Å². The lowest BCUT2D eigenvalue weighted by Crippen LogP contribution is -1.86. The zero-order chi connectivity index (χ0) is 7.14. The van der Waals surface area contributed by atoms with Crippen LogP contribution in [0.1, 0.15) is 26.2 Å². The predicted molar refractivity (Wildman–Crippen MR) is 43.1 cm³/mol. The molecular weight excluding hydrogens is 122 g/mol. The first kappa shape index (κ1) is 5.90. The van der Waals surface area contributed by atoms with Gasteiger partial charge in [-0.15, -0.1) is 0 Å². The maximum atomic E-state index is 4.43. The van der Waals surface area contributed by atoms with Crippen LogP contribution in [-0.2, 0) is 0 Å². The van der Waals surface area contributed by atoms with Crippen LogP contribution in [0, 0.1) is 0 Å². The summed E-state index contributed by atoms with van der Waals surface area (Å²) in [6.45, 7) is 6.06. The zero-order valence-corrected chi connectivity index (χ0v) is 6.28. The summed E-state index contributed by atoms with van der Waals surface area (Å²) >= 11 is 0. The van der Waals surface area contributed by atoms with Gasteiger partial charge in [-0.1, -0.05) is 6.58 Å². The second-order valence-electron chi connectivity index (χ2n) is 3.08. The summed E-state index contributed by atoms with van der Waals surface area (Å²) in [5, 5.41) is 0. The van der Waals surface area contributed by atoms with Gasteiger partial charge in [-0.3, -0.25) is 4.99 Å². The first-order valence-electron chi connectivity index (χ1n) is 3.71. The highest BCUT2D eigenvalue weighted by Crippen LogP contribution is 2.37. The number of nitrogens with zero attached hydrogens (tertiary/aromatic N) is 1. The third kappa shape index (κ3) is 0.666. The predicted octanol–water partition coefficient (Wildman–Crippen LogP) is 2.46. The topological polar surface area (TPSA) is 12.4 Å². The van der Waals surface area contributed by atoms with E-state index in [1.54, 1.807) is 0 Å². The third-order valence-corrected chi connectivity index (χ3v) is 2.17. The fourth-order valence-electron chi connectivity index (χ4n) is 1.66. The smallest absolute Gasteiger partial charge is 0.0651 e. The van der Waals surface area contributed by atoms with E-state index >= 15 is 0 Å². The minimum absolute atomic E-state index is 1.11. The lowest BCUT2D eigenvalue weighted by Gasteiger charge is -1.94. The van der Waals surface area contributed by atoms with Crippen molar-refractivity contribution < 1.29 is 0 Å². The number of allylic oxidation sites excluding steroid dienone is 2. The summed E-state index contributed by atoms with van der Waals surface area (Å²) < 4.78 is 0. The van der Waals surface area contributed by atoms with Gasteiger partial charge in [0.15, 0.2) is 0 Å². The fourth-order valence-corrected chi connectivity index (χ4v) is 1.66. The van der Waals surface area contributed by atoms with Gasteiger partial charge in [0, 0.05) is 12.1 Å². The molecule has 0 saturated heterocycles. The van der Waals surface area contributed by atoms with E-state index in [0.717, 1.165) is 12.8 Å². The molecule has 0 radical (unpaired) electrons. The van der Waals surface area contributed by atoms with Crippen LogP contribution in [0.5, 0.6) is 0 Å². The van der Waals surface area contributed by atoms with E-state index in [4.69, 9.17) is 0 Å². The van der Waals surface area contributed by atoms with E-state index in [0.29, 0.717) is 0 Å². The van der Waals surface area contributed by atoms with Crippen LogP contribution in [0.25, 0.3) is 0 Å². The molecule has 1 aliphatic carbocycles. The molecule has 0 aromatic heterocycles. The first-order chi connectivity index (χ1) is 4.77. The van der Waals surface area contributed by atoms with Gasteiger partial charge in [0.25, 0.3) is 0 Å². The Morgan fingerprint density at radius 1 is 1.40 bits per heavy atom. The Hall–Kier alpha value is -0.850. The highest BCUT2D eigenvalue weighted by molar-refractivity contribution is 5.89. The van der Waals surface area contributed by atoms with Crippen molar-refractivity contribution in [3.8, 4) is 0 Å². The number of rotatable bonds is 0. The molecule has 0 spiro atoms. The molecule has 1 nitrogen and oxygen atoms in total. The fraction of sp³-hybridized carbons (Fsp3) is 0.444. The molecule has 1 aliphatic heterocycles. The SMILES string of the molecule is C=C1CCC2=C1N=C(C)C2. The minimum Gasteiger partial charge on any atom is -0.258 e. The number of hydrogen-bond acceptors (Lipinski definition) is 1. The van der Waals surface area contributed by atoms with Crippen LogP contribution in [-0.4, -0.2) is 5.71 Å². The Labute approximate surface area is 61.2 Å². The second-order valence-corrected chi connectivity index (χ2v) is 3.08. The van der Waals surface area contributed by atoms with Crippen molar-refractivity contribution in [2.45, 2.75) is 26.2 Å². The molecule has 0 bridgehead atoms.